The Kier molecular flexibility index (Phi) is 3.75. The zero-order valence-electron chi connectivity index (χ0n) is 11.0. The van der Waals surface area contributed by atoms with Gasteiger partial charge in [-0.3, -0.25) is 0 Å². The van der Waals surface area contributed by atoms with Gasteiger partial charge in [0.05, 0.1) is 6.04 Å². The van der Waals surface area contributed by atoms with Crippen LogP contribution in [0.3, 0.4) is 0 Å². The van der Waals surface area contributed by atoms with Gasteiger partial charge in [-0.1, -0.05) is 15.9 Å². The van der Waals surface area contributed by atoms with Gasteiger partial charge in [0, 0.05) is 31.8 Å². The van der Waals surface area contributed by atoms with Gasteiger partial charge in [-0.05, 0) is 28.3 Å². The third-order valence-electron chi connectivity index (χ3n) is 3.51. The number of carbonyl (C=O) groups is 1. The molecule has 0 bridgehead atoms. The maximum atomic E-state index is 13.3. The molecule has 1 unspecified atom stereocenters. The second kappa shape index (κ2) is 5.55. The van der Waals surface area contributed by atoms with Crippen LogP contribution in [0.5, 0.6) is 0 Å². The molecule has 0 aliphatic carbocycles. The van der Waals surface area contributed by atoms with E-state index < -0.39 is 17.7 Å². The lowest BCUT2D eigenvalue weighted by molar-refractivity contribution is 0.135. The van der Waals surface area contributed by atoms with Gasteiger partial charge in [0.1, 0.15) is 11.6 Å². The Morgan fingerprint density at radius 1 is 1.29 bits per heavy atom. The standard InChI is InChI=1S/C14H12BrF2N3O/c15-6-9-7-19(8-9)14(21)20-13(1-2-18-20)10-3-11(16)5-12(17)4-10/h2-6,13H,1,7-8H2. The van der Waals surface area contributed by atoms with E-state index in [1.807, 2.05) is 0 Å². The van der Waals surface area contributed by atoms with Crippen LogP contribution >= 0.6 is 15.9 Å². The second-order valence-corrected chi connectivity index (χ2v) is 5.46. The van der Waals surface area contributed by atoms with Gasteiger partial charge in [0.25, 0.3) is 0 Å². The van der Waals surface area contributed by atoms with Crippen molar-refractivity contribution in [2.75, 3.05) is 13.1 Å². The second-order valence-electron chi connectivity index (χ2n) is 5.00. The number of hydrogen-bond acceptors (Lipinski definition) is 2. The van der Waals surface area contributed by atoms with E-state index in [0.29, 0.717) is 25.1 Å². The van der Waals surface area contributed by atoms with Gasteiger partial charge >= 0.3 is 6.03 Å². The van der Waals surface area contributed by atoms with E-state index in [2.05, 4.69) is 21.0 Å². The Balaban J connectivity index is 1.79. The maximum absolute atomic E-state index is 13.3. The molecule has 0 spiro atoms. The fraction of sp³-hybridized carbons (Fsp3) is 0.286. The van der Waals surface area contributed by atoms with Crippen molar-refractivity contribution in [1.82, 2.24) is 9.91 Å². The topological polar surface area (TPSA) is 35.9 Å². The molecule has 1 atom stereocenters. The normalized spacial score (nSPS) is 20.7. The minimum absolute atomic E-state index is 0.253. The molecule has 0 N–H and O–H groups in total. The summed E-state index contributed by atoms with van der Waals surface area (Å²) in [5.41, 5.74) is 1.52. The quantitative estimate of drug-likeness (QED) is 0.760. The van der Waals surface area contributed by atoms with Gasteiger partial charge in [0.15, 0.2) is 0 Å². The lowest BCUT2D eigenvalue weighted by Crippen LogP contribution is -2.49. The number of urea groups is 1. The van der Waals surface area contributed by atoms with Crippen molar-refractivity contribution in [2.45, 2.75) is 12.5 Å². The zero-order chi connectivity index (χ0) is 15.0. The largest absolute Gasteiger partial charge is 0.341 e. The molecule has 0 saturated carbocycles. The van der Waals surface area contributed by atoms with Gasteiger partial charge in [0.2, 0.25) is 0 Å². The van der Waals surface area contributed by atoms with Crippen molar-refractivity contribution >= 4 is 28.2 Å². The Morgan fingerprint density at radius 2 is 1.95 bits per heavy atom. The number of halogens is 3. The molecule has 7 heteroatoms. The van der Waals surface area contributed by atoms with Crippen LogP contribution in [0.2, 0.25) is 0 Å². The lowest BCUT2D eigenvalue weighted by atomic mass is 10.0. The first-order chi connectivity index (χ1) is 10.1. The monoisotopic (exact) mass is 355 g/mol. The van der Waals surface area contributed by atoms with Crippen molar-refractivity contribution in [2.24, 2.45) is 5.10 Å². The summed E-state index contributed by atoms with van der Waals surface area (Å²) in [6.07, 6.45) is 2.04. The van der Waals surface area contributed by atoms with Crippen molar-refractivity contribution in [3.8, 4) is 0 Å². The summed E-state index contributed by atoms with van der Waals surface area (Å²) in [7, 11) is 0. The van der Waals surface area contributed by atoms with Crippen LogP contribution in [0, 0.1) is 11.6 Å². The summed E-state index contributed by atoms with van der Waals surface area (Å²) in [6, 6.07) is 2.58. The average Bonchev–Trinajstić information content (AvgIpc) is 2.85. The van der Waals surface area contributed by atoms with E-state index in [-0.39, 0.29) is 6.03 Å². The van der Waals surface area contributed by atoms with E-state index >= 15 is 0 Å². The van der Waals surface area contributed by atoms with Crippen LogP contribution in [0.1, 0.15) is 18.0 Å². The predicted molar refractivity (Wildman–Crippen MR) is 78.0 cm³/mol. The van der Waals surface area contributed by atoms with E-state index in [9.17, 15) is 13.6 Å². The van der Waals surface area contributed by atoms with Gasteiger partial charge in [-0.25, -0.2) is 18.6 Å². The summed E-state index contributed by atoms with van der Waals surface area (Å²) >= 11 is 3.22. The van der Waals surface area contributed by atoms with Gasteiger partial charge in [-0.15, -0.1) is 0 Å². The van der Waals surface area contributed by atoms with Crippen LogP contribution in [0.15, 0.2) is 33.9 Å². The number of hydrazone groups is 1. The molecule has 1 fully saturated rings. The minimum atomic E-state index is -0.655. The third kappa shape index (κ3) is 2.70. The van der Waals surface area contributed by atoms with Crippen molar-refractivity contribution in [1.29, 1.82) is 0 Å². The molecule has 2 aliphatic heterocycles. The van der Waals surface area contributed by atoms with E-state index in [1.54, 1.807) is 16.1 Å². The van der Waals surface area contributed by atoms with E-state index in [1.165, 1.54) is 17.1 Å². The van der Waals surface area contributed by atoms with Crippen molar-refractivity contribution < 1.29 is 13.6 Å². The van der Waals surface area contributed by atoms with Crippen LogP contribution in [-0.4, -0.2) is 35.2 Å². The van der Waals surface area contributed by atoms with Gasteiger partial charge < -0.3 is 4.90 Å². The summed E-state index contributed by atoms with van der Waals surface area (Å²) in [6.45, 7) is 1.08. The SMILES string of the molecule is O=C(N1CC(=CBr)C1)N1N=CCC1c1cc(F)cc(F)c1. The molecule has 0 aromatic heterocycles. The molecular formula is C14H12BrF2N3O. The van der Waals surface area contributed by atoms with Crippen molar-refractivity contribution in [3.05, 3.63) is 46.0 Å². The Hall–Kier alpha value is -1.76. The fourth-order valence-corrected chi connectivity index (χ4v) is 2.73. The molecule has 4 nitrogen and oxygen atoms in total. The number of hydrogen-bond donors (Lipinski definition) is 0. The smallest absolute Gasteiger partial charge is 0.315 e. The molecule has 1 saturated heterocycles. The molecule has 2 amide bonds. The molecule has 0 radical (unpaired) electrons. The number of benzene rings is 1. The lowest BCUT2D eigenvalue weighted by Gasteiger charge is -2.37. The van der Waals surface area contributed by atoms with Crippen molar-refractivity contribution in [3.63, 3.8) is 0 Å². The van der Waals surface area contributed by atoms with Crippen LogP contribution in [0.4, 0.5) is 13.6 Å². The number of likely N-dealkylation sites (tertiary alicyclic amines) is 1. The molecule has 110 valence electrons. The number of nitrogens with zero attached hydrogens (tertiary/aromatic N) is 3. The highest BCUT2D eigenvalue weighted by molar-refractivity contribution is 9.11. The summed E-state index contributed by atoms with van der Waals surface area (Å²) in [5.74, 6) is -1.31. The summed E-state index contributed by atoms with van der Waals surface area (Å²) < 4.78 is 26.7. The molecule has 1 aromatic carbocycles. The molecule has 21 heavy (non-hydrogen) atoms. The van der Waals surface area contributed by atoms with Crippen LogP contribution in [-0.2, 0) is 0 Å². The molecule has 1 aromatic rings. The highest BCUT2D eigenvalue weighted by atomic mass is 79.9. The van der Waals surface area contributed by atoms with E-state index in [0.717, 1.165) is 11.6 Å². The molecule has 3 rings (SSSR count). The summed E-state index contributed by atoms with van der Waals surface area (Å²) in [4.78, 5) is 15.8. The molecule has 2 aliphatic rings. The highest BCUT2D eigenvalue weighted by Gasteiger charge is 2.35. The first kappa shape index (κ1) is 14.2. The number of amides is 2. The first-order valence-electron chi connectivity index (χ1n) is 6.43. The molecular weight excluding hydrogens is 344 g/mol. The third-order valence-corrected chi connectivity index (χ3v) is 4.16. The Morgan fingerprint density at radius 3 is 2.57 bits per heavy atom. The van der Waals surface area contributed by atoms with Crippen LogP contribution in [0.25, 0.3) is 0 Å². The number of carbonyl (C=O) groups excluding carboxylic acids is 1. The van der Waals surface area contributed by atoms with Gasteiger partial charge in [-0.2, -0.15) is 5.10 Å². The Bertz CT molecular complexity index is 619. The average molecular weight is 356 g/mol. The zero-order valence-corrected chi connectivity index (χ0v) is 12.6. The summed E-state index contributed by atoms with van der Waals surface area (Å²) in [5, 5.41) is 5.34. The van der Waals surface area contributed by atoms with Crippen LogP contribution < -0.4 is 0 Å². The maximum Gasteiger partial charge on any atom is 0.341 e. The first-order valence-corrected chi connectivity index (χ1v) is 7.35. The fourth-order valence-electron chi connectivity index (χ4n) is 2.44. The predicted octanol–water partition coefficient (Wildman–Crippen LogP) is 3.41. The highest BCUT2D eigenvalue weighted by Crippen LogP contribution is 2.31. The van der Waals surface area contributed by atoms with E-state index in [4.69, 9.17) is 0 Å². The number of rotatable bonds is 1. The Labute approximate surface area is 128 Å². The minimum Gasteiger partial charge on any atom is -0.315 e. The molecule has 2 heterocycles.